The van der Waals surface area contributed by atoms with Gasteiger partial charge in [0.15, 0.2) is 0 Å². The highest BCUT2D eigenvalue weighted by Gasteiger charge is 2.17. The molecule has 1 aliphatic rings. The van der Waals surface area contributed by atoms with E-state index >= 15 is 0 Å². The fourth-order valence-corrected chi connectivity index (χ4v) is 2.49. The zero-order valence-corrected chi connectivity index (χ0v) is 10.6. The van der Waals surface area contributed by atoms with E-state index in [1.54, 1.807) is 19.2 Å². The van der Waals surface area contributed by atoms with Gasteiger partial charge in [-0.25, -0.2) is 8.78 Å². The number of piperidine rings is 1. The van der Waals surface area contributed by atoms with Crippen molar-refractivity contribution in [3.63, 3.8) is 0 Å². The van der Waals surface area contributed by atoms with Gasteiger partial charge in [-0.1, -0.05) is 0 Å². The summed E-state index contributed by atoms with van der Waals surface area (Å²) in [6.07, 6.45) is 0.609. The highest BCUT2D eigenvalue weighted by atomic mass is 19.3. The summed E-state index contributed by atoms with van der Waals surface area (Å²) in [5.74, 6) is 1.28. The number of benzene rings is 1. The quantitative estimate of drug-likeness (QED) is 0.892. The van der Waals surface area contributed by atoms with Gasteiger partial charge in [0.1, 0.15) is 5.75 Å². The van der Waals surface area contributed by atoms with Crippen LogP contribution in [0.1, 0.15) is 30.4 Å². The van der Waals surface area contributed by atoms with E-state index in [2.05, 4.69) is 5.32 Å². The van der Waals surface area contributed by atoms with E-state index in [4.69, 9.17) is 4.74 Å². The fourth-order valence-electron chi connectivity index (χ4n) is 2.49. The number of halogens is 2. The summed E-state index contributed by atoms with van der Waals surface area (Å²) in [7, 11) is 1.59. The maximum atomic E-state index is 12.7. The van der Waals surface area contributed by atoms with Crippen LogP contribution in [0.15, 0.2) is 18.2 Å². The molecule has 0 atom stereocenters. The molecule has 1 N–H and O–H groups in total. The van der Waals surface area contributed by atoms with Gasteiger partial charge in [-0.3, -0.25) is 0 Å². The second kappa shape index (κ2) is 6.14. The van der Waals surface area contributed by atoms with E-state index in [-0.39, 0.29) is 5.56 Å². The summed E-state index contributed by atoms with van der Waals surface area (Å²) in [5.41, 5.74) is 0.988. The topological polar surface area (TPSA) is 21.3 Å². The summed E-state index contributed by atoms with van der Waals surface area (Å²) in [4.78, 5) is 0. The van der Waals surface area contributed by atoms with Gasteiger partial charge in [-0.15, -0.1) is 0 Å². The highest BCUT2D eigenvalue weighted by molar-refractivity contribution is 5.38. The van der Waals surface area contributed by atoms with Crippen LogP contribution in [-0.2, 0) is 6.42 Å². The molecule has 18 heavy (non-hydrogen) atoms. The number of rotatable bonds is 4. The molecule has 2 nitrogen and oxygen atoms in total. The van der Waals surface area contributed by atoms with Gasteiger partial charge in [0.05, 0.1) is 7.11 Å². The number of hydrogen-bond acceptors (Lipinski definition) is 2. The maximum Gasteiger partial charge on any atom is 0.263 e. The second-order valence-electron chi connectivity index (χ2n) is 4.77. The molecular weight excluding hydrogens is 236 g/mol. The Bertz CT molecular complexity index is 389. The van der Waals surface area contributed by atoms with E-state index in [1.807, 2.05) is 0 Å². The lowest BCUT2D eigenvalue weighted by Crippen LogP contribution is -2.28. The number of hydrogen-bond donors (Lipinski definition) is 1. The molecule has 1 aromatic carbocycles. The van der Waals surface area contributed by atoms with Gasteiger partial charge in [0.2, 0.25) is 0 Å². The van der Waals surface area contributed by atoms with Crippen LogP contribution in [0.5, 0.6) is 5.75 Å². The summed E-state index contributed by atoms with van der Waals surface area (Å²) < 4.78 is 30.7. The smallest absolute Gasteiger partial charge is 0.263 e. The number of ether oxygens (including phenoxy) is 1. The van der Waals surface area contributed by atoms with Crippen molar-refractivity contribution in [2.45, 2.75) is 25.7 Å². The van der Waals surface area contributed by atoms with Gasteiger partial charge >= 0.3 is 0 Å². The van der Waals surface area contributed by atoms with Crippen LogP contribution in [0.4, 0.5) is 8.78 Å². The van der Waals surface area contributed by atoms with Gasteiger partial charge in [-0.2, -0.15) is 0 Å². The summed E-state index contributed by atoms with van der Waals surface area (Å²) in [6.45, 7) is 2.03. The van der Waals surface area contributed by atoms with Crippen LogP contribution in [0.3, 0.4) is 0 Å². The lowest BCUT2D eigenvalue weighted by molar-refractivity contribution is 0.151. The summed E-state index contributed by atoms with van der Waals surface area (Å²) >= 11 is 0. The lowest BCUT2D eigenvalue weighted by atomic mass is 9.90. The molecule has 1 aliphatic heterocycles. The van der Waals surface area contributed by atoms with Crippen molar-refractivity contribution in [2.24, 2.45) is 5.92 Å². The minimum atomic E-state index is -2.41. The van der Waals surface area contributed by atoms with Gasteiger partial charge in [0.25, 0.3) is 6.43 Å². The number of alkyl halides is 2. The van der Waals surface area contributed by atoms with Crippen molar-refractivity contribution in [1.82, 2.24) is 5.32 Å². The molecule has 1 heterocycles. The van der Waals surface area contributed by atoms with E-state index in [0.29, 0.717) is 5.92 Å². The third-order valence-corrected chi connectivity index (χ3v) is 3.52. The molecule has 0 radical (unpaired) electrons. The Kier molecular flexibility index (Phi) is 4.53. The molecular formula is C14H19F2NO. The van der Waals surface area contributed by atoms with Gasteiger partial charge in [0, 0.05) is 5.56 Å². The first-order valence-corrected chi connectivity index (χ1v) is 6.36. The first-order valence-electron chi connectivity index (χ1n) is 6.36. The van der Waals surface area contributed by atoms with Crippen molar-refractivity contribution in [3.8, 4) is 5.75 Å². The van der Waals surface area contributed by atoms with E-state index in [9.17, 15) is 8.78 Å². The van der Waals surface area contributed by atoms with Crippen molar-refractivity contribution >= 4 is 0 Å². The zero-order chi connectivity index (χ0) is 13.0. The lowest BCUT2D eigenvalue weighted by Gasteiger charge is -2.23. The molecule has 0 spiro atoms. The Balaban J connectivity index is 2.15. The van der Waals surface area contributed by atoms with Crippen molar-refractivity contribution in [2.75, 3.05) is 20.2 Å². The average molecular weight is 255 g/mol. The monoisotopic (exact) mass is 255 g/mol. The van der Waals surface area contributed by atoms with E-state index in [1.165, 1.54) is 6.07 Å². The van der Waals surface area contributed by atoms with Gasteiger partial charge < -0.3 is 10.1 Å². The number of nitrogens with one attached hydrogen (secondary N) is 1. The minimum Gasteiger partial charge on any atom is -0.496 e. The molecule has 100 valence electrons. The highest BCUT2D eigenvalue weighted by Crippen LogP contribution is 2.29. The first-order chi connectivity index (χ1) is 8.70. The predicted molar refractivity (Wildman–Crippen MR) is 67.2 cm³/mol. The minimum absolute atomic E-state index is 0.0831. The van der Waals surface area contributed by atoms with Crippen LogP contribution in [0, 0.1) is 5.92 Å². The predicted octanol–water partition coefficient (Wildman–Crippen LogP) is 3.17. The van der Waals surface area contributed by atoms with Crippen LogP contribution in [0.25, 0.3) is 0 Å². The molecule has 1 fully saturated rings. The molecule has 1 saturated heterocycles. The van der Waals surface area contributed by atoms with E-state index < -0.39 is 6.43 Å². The molecule has 2 rings (SSSR count). The third-order valence-electron chi connectivity index (χ3n) is 3.52. The maximum absolute atomic E-state index is 12.7. The normalized spacial score (nSPS) is 17.1. The molecule has 0 aromatic heterocycles. The molecule has 4 heteroatoms. The fraction of sp³-hybridized carbons (Fsp3) is 0.571. The molecule has 0 saturated carbocycles. The summed E-state index contributed by atoms with van der Waals surface area (Å²) in [5, 5.41) is 3.31. The zero-order valence-electron chi connectivity index (χ0n) is 10.6. The SMILES string of the molecule is COc1ccc(C(F)F)cc1CC1CCNCC1. The van der Waals surface area contributed by atoms with Crippen molar-refractivity contribution < 1.29 is 13.5 Å². The second-order valence-corrected chi connectivity index (χ2v) is 4.77. The Hall–Kier alpha value is -1.16. The first kappa shape index (κ1) is 13.3. The van der Waals surface area contributed by atoms with E-state index in [0.717, 1.165) is 43.7 Å². The molecule has 0 aliphatic carbocycles. The Labute approximate surface area is 106 Å². The Morgan fingerprint density at radius 2 is 2.06 bits per heavy atom. The molecule has 1 aromatic rings. The Morgan fingerprint density at radius 3 is 2.67 bits per heavy atom. The van der Waals surface area contributed by atoms with Crippen molar-refractivity contribution in [1.29, 1.82) is 0 Å². The van der Waals surface area contributed by atoms with Gasteiger partial charge in [-0.05, 0) is 62.0 Å². The molecule has 0 unspecified atom stereocenters. The van der Waals surface area contributed by atoms with Crippen LogP contribution < -0.4 is 10.1 Å². The van der Waals surface area contributed by atoms with Crippen LogP contribution in [0.2, 0.25) is 0 Å². The van der Waals surface area contributed by atoms with Crippen molar-refractivity contribution in [3.05, 3.63) is 29.3 Å². The third kappa shape index (κ3) is 3.19. The molecule has 0 amide bonds. The standard InChI is InChI=1S/C14H19F2NO/c1-18-13-3-2-11(14(15)16)9-12(13)8-10-4-6-17-7-5-10/h2-3,9-10,14,17H,4-8H2,1H3. The van der Waals surface area contributed by atoms with Crippen LogP contribution in [-0.4, -0.2) is 20.2 Å². The molecule has 0 bridgehead atoms. The average Bonchev–Trinajstić information content (AvgIpc) is 2.39. The van der Waals surface area contributed by atoms with Crippen LogP contribution >= 0.6 is 0 Å². The number of methoxy groups -OCH3 is 1. The Morgan fingerprint density at radius 1 is 1.33 bits per heavy atom. The largest absolute Gasteiger partial charge is 0.496 e. The summed E-state index contributed by atoms with van der Waals surface area (Å²) in [6, 6.07) is 4.68.